The maximum Gasteiger partial charge on any atom is 0.302 e. The molecular weight excluding hydrogens is 579 g/mol. The third-order valence-electron chi connectivity index (χ3n) is 6.84. The molecule has 6 aromatic rings. The third kappa shape index (κ3) is 5.46. The minimum atomic E-state index is -0.711. The van der Waals surface area contributed by atoms with Gasteiger partial charge in [-0.05, 0) is 36.8 Å². The molecule has 0 spiro atoms. The lowest BCUT2D eigenvalue weighted by Crippen LogP contribution is -2.08. The van der Waals surface area contributed by atoms with Crippen molar-refractivity contribution >= 4 is 34.4 Å². The molecule has 5 aromatic heterocycles. The molecule has 1 N–H and O–H groups in total. The average Bonchev–Trinajstić information content (AvgIpc) is 3.71. The van der Waals surface area contributed by atoms with Crippen LogP contribution in [0.5, 0.6) is 11.5 Å². The Labute approximate surface area is 249 Å². The zero-order valence-electron chi connectivity index (χ0n) is 23.7. The zero-order valence-corrected chi connectivity index (χ0v) is 24.4. The Morgan fingerprint density at radius 3 is 2.63 bits per heavy atom. The Morgan fingerprint density at radius 1 is 1.07 bits per heavy atom. The Balaban J connectivity index is 1.49. The number of aromatic amines is 1. The molecule has 0 fully saturated rings. The van der Waals surface area contributed by atoms with Gasteiger partial charge >= 0.3 is 5.97 Å². The molecule has 5 heterocycles. The monoisotopic (exact) mass is 604 g/mol. The highest BCUT2D eigenvalue weighted by molar-refractivity contribution is 6.29. The molecule has 0 saturated heterocycles. The Kier molecular flexibility index (Phi) is 7.40. The van der Waals surface area contributed by atoms with Gasteiger partial charge in [-0.2, -0.15) is 9.49 Å². The first-order chi connectivity index (χ1) is 20.7. The maximum atomic E-state index is 16.1. The summed E-state index contributed by atoms with van der Waals surface area (Å²) in [6.45, 7) is 3.67. The van der Waals surface area contributed by atoms with Gasteiger partial charge in [0.15, 0.2) is 22.8 Å². The molecule has 0 aliphatic rings. The fourth-order valence-electron chi connectivity index (χ4n) is 4.89. The van der Waals surface area contributed by atoms with E-state index in [9.17, 15) is 4.79 Å². The standard InChI is InChI=1S/C29H26ClFN8O4/c1-15-9-21(41-3)22(42-4)11-19(15)26-27(31)37-25(17-12-32-38(13-17)7-8-43-16(2)40)29-33-18(14-39(26)29)10-24-34-20-5-6-23(30)35-28(20)36-24/h5-6,9,11-14H,7-8,10H2,1-4H3,(H,34,35,36). The summed E-state index contributed by atoms with van der Waals surface area (Å²) in [5, 5.41) is 4.67. The van der Waals surface area contributed by atoms with Crippen LogP contribution < -0.4 is 9.47 Å². The van der Waals surface area contributed by atoms with Gasteiger partial charge in [-0.25, -0.2) is 19.9 Å². The second kappa shape index (κ2) is 11.3. The van der Waals surface area contributed by atoms with Crippen LogP contribution in [0.3, 0.4) is 0 Å². The van der Waals surface area contributed by atoms with Crippen molar-refractivity contribution in [3.63, 3.8) is 0 Å². The molecule has 0 aliphatic heterocycles. The number of hydrogen-bond donors (Lipinski definition) is 1. The van der Waals surface area contributed by atoms with Crippen molar-refractivity contribution in [3.8, 4) is 34.0 Å². The van der Waals surface area contributed by atoms with Gasteiger partial charge < -0.3 is 19.2 Å². The summed E-state index contributed by atoms with van der Waals surface area (Å²) in [5.41, 5.74) is 4.60. The van der Waals surface area contributed by atoms with Crippen molar-refractivity contribution in [2.75, 3.05) is 20.8 Å². The van der Waals surface area contributed by atoms with Gasteiger partial charge in [0, 0.05) is 36.9 Å². The largest absolute Gasteiger partial charge is 0.493 e. The molecule has 1 aromatic carbocycles. The highest BCUT2D eigenvalue weighted by atomic mass is 35.5. The van der Waals surface area contributed by atoms with Gasteiger partial charge in [-0.1, -0.05) is 11.6 Å². The number of ether oxygens (including phenoxy) is 3. The quantitative estimate of drug-likeness (QED) is 0.182. The summed E-state index contributed by atoms with van der Waals surface area (Å²) in [6.07, 6.45) is 5.34. The molecular formula is C29H26ClFN8O4. The topological polar surface area (TPSA) is 134 Å². The van der Waals surface area contributed by atoms with Gasteiger partial charge in [0.1, 0.15) is 29.0 Å². The van der Waals surface area contributed by atoms with Crippen molar-refractivity contribution in [3.05, 3.63) is 71.0 Å². The van der Waals surface area contributed by atoms with Crippen LogP contribution in [0.1, 0.15) is 24.0 Å². The van der Waals surface area contributed by atoms with Gasteiger partial charge in [0.05, 0.1) is 38.2 Å². The predicted octanol–water partition coefficient (Wildman–Crippen LogP) is 4.80. The molecule has 220 valence electrons. The van der Waals surface area contributed by atoms with E-state index >= 15 is 4.39 Å². The highest BCUT2D eigenvalue weighted by Crippen LogP contribution is 2.38. The molecule has 43 heavy (non-hydrogen) atoms. The number of imidazole rings is 2. The van der Waals surface area contributed by atoms with Crippen molar-refractivity contribution in [1.29, 1.82) is 0 Å². The third-order valence-corrected chi connectivity index (χ3v) is 7.05. The number of nitrogens with one attached hydrogen (secondary N) is 1. The van der Waals surface area contributed by atoms with Crippen LogP contribution in [0.25, 0.3) is 39.3 Å². The fourth-order valence-corrected chi connectivity index (χ4v) is 5.03. The summed E-state index contributed by atoms with van der Waals surface area (Å²) in [7, 11) is 3.07. The Bertz CT molecular complexity index is 2000. The summed E-state index contributed by atoms with van der Waals surface area (Å²) >= 11 is 6.04. The van der Waals surface area contributed by atoms with Gasteiger partial charge in [0.2, 0.25) is 5.95 Å². The summed E-state index contributed by atoms with van der Waals surface area (Å²) in [6, 6.07) is 6.99. The molecule has 14 heteroatoms. The lowest BCUT2D eigenvalue weighted by molar-refractivity contribution is -0.141. The number of aromatic nitrogens is 8. The SMILES string of the molecule is COc1cc(C)c(-c2c(F)nc(-c3cnn(CCOC(C)=O)c3)c3nc(Cc4nc5nc(Cl)ccc5[nH]4)cn23)cc1OC. The van der Waals surface area contributed by atoms with E-state index in [-0.39, 0.29) is 18.3 Å². The Morgan fingerprint density at radius 2 is 1.86 bits per heavy atom. The van der Waals surface area contributed by atoms with Crippen LogP contribution in [0, 0.1) is 12.9 Å². The van der Waals surface area contributed by atoms with E-state index in [1.54, 1.807) is 59.0 Å². The average molecular weight is 605 g/mol. The number of carbonyl (C=O) groups excluding carboxylic acids is 1. The molecule has 6 rings (SSSR count). The second-order valence-corrected chi connectivity index (χ2v) is 10.1. The first-order valence-electron chi connectivity index (χ1n) is 13.2. The number of nitrogens with zero attached hydrogens (tertiary/aromatic N) is 7. The number of carbonyl (C=O) groups is 1. The molecule has 12 nitrogen and oxygen atoms in total. The molecule has 0 saturated carbocycles. The minimum absolute atomic E-state index is 0.149. The van der Waals surface area contributed by atoms with Crippen LogP contribution >= 0.6 is 11.6 Å². The smallest absolute Gasteiger partial charge is 0.302 e. The van der Waals surface area contributed by atoms with Crippen LogP contribution in [0.15, 0.2) is 42.9 Å². The van der Waals surface area contributed by atoms with E-state index in [4.69, 9.17) is 30.8 Å². The van der Waals surface area contributed by atoms with Gasteiger partial charge in [0.25, 0.3) is 0 Å². The first-order valence-corrected chi connectivity index (χ1v) is 13.6. The molecule has 0 radical (unpaired) electrons. The number of esters is 1. The van der Waals surface area contributed by atoms with Gasteiger partial charge in [-0.3, -0.25) is 13.9 Å². The summed E-state index contributed by atoms with van der Waals surface area (Å²) < 4.78 is 35.3. The van der Waals surface area contributed by atoms with E-state index in [1.807, 2.05) is 6.92 Å². The summed E-state index contributed by atoms with van der Waals surface area (Å²) in [5.74, 6) is 0.494. The summed E-state index contributed by atoms with van der Waals surface area (Å²) in [4.78, 5) is 32.4. The maximum absolute atomic E-state index is 16.1. The van der Waals surface area contributed by atoms with E-state index in [0.717, 1.165) is 11.1 Å². The van der Waals surface area contributed by atoms with E-state index in [2.05, 4.69) is 25.0 Å². The van der Waals surface area contributed by atoms with Crippen LogP contribution in [-0.2, 0) is 22.5 Å². The number of fused-ring (bicyclic) bond motifs is 2. The normalized spacial score (nSPS) is 11.4. The van der Waals surface area contributed by atoms with Crippen molar-refractivity contribution < 1.29 is 23.4 Å². The molecule has 0 bridgehead atoms. The molecule has 0 amide bonds. The number of rotatable bonds is 9. The number of methoxy groups -OCH3 is 2. The second-order valence-electron chi connectivity index (χ2n) is 9.75. The lowest BCUT2D eigenvalue weighted by atomic mass is 10.0. The molecule has 0 aliphatic carbocycles. The van der Waals surface area contributed by atoms with E-state index in [1.165, 1.54) is 14.0 Å². The number of aryl methyl sites for hydroxylation is 1. The number of benzene rings is 1. The predicted molar refractivity (Wildman–Crippen MR) is 156 cm³/mol. The molecule has 0 unspecified atom stereocenters. The lowest BCUT2D eigenvalue weighted by Gasteiger charge is -2.15. The number of pyridine rings is 1. The highest BCUT2D eigenvalue weighted by Gasteiger charge is 2.23. The number of H-pyrrole nitrogens is 1. The first kappa shape index (κ1) is 28.1. The Hall–Kier alpha value is -5.04. The molecule has 0 atom stereocenters. The van der Waals surface area contributed by atoms with Crippen molar-refractivity contribution in [1.82, 2.24) is 39.1 Å². The minimum Gasteiger partial charge on any atom is -0.493 e. The zero-order chi connectivity index (χ0) is 30.2. The number of hydrogen-bond acceptors (Lipinski definition) is 9. The van der Waals surface area contributed by atoms with Crippen LogP contribution in [-0.4, -0.2) is 65.9 Å². The van der Waals surface area contributed by atoms with Crippen molar-refractivity contribution in [2.24, 2.45) is 0 Å². The van der Waals surface area contributed by atoms with Crippen molar-refractivity contribution in [2.45, 2.75) is 26.8 Å². The number of halogens is 2. The van der Waals surface area contributed by atoms with E-state index < -0.39 is 5.95 Å². The van der Waals surface area contributed by atoms with Crippen LogP contribution in [0.2, 0.25) is 5.15 Å². The fraction of sp³-hybridized carbons (Fsp3) is 0.241. The van der Waals surface area contributed by atoms with E-state index in [0.29, 0.717) is 69.3 Å². The van der Waals surface area contributed by atoms with Gasteiger partial charge in [-0.15, -0.1) is 0 Å². The van der Waals surface area contributed by atoms with Crippen LogP contribution in [0.4, 0.5) is 4.39 Å².